The summed E-state index contributed by atoms with van der Waals surface area (Å²) in [5, 5.41) is 0.911. The average molecular weight is 316 g/mol. The SMILES string of the molecule is COC(=O)CN(C=O)C(c1ccc(Cl)c(Cl)c1)C1CC1. The molecule has 0 aromatic heterocycles. The molecule has 0 bridgehead atoms. The van der Waals surface area contributed by atoms with E-state index in [1.54, 1.807) is 12.1 Å². The summed E-state index contributed by atoms with van der Waals surface area (Å²) in [5.41, 5.74) is 0.887. The van der Waals surface area contributed by atoms with Crippen molar-refractivity contribution in [2.45, 2.75) is 18.9 Å². The van der Waals surface area contributed by atoms with E-state index in [0.717, 1.165) is 18.4 Å². The van der Waals surface area contributed by atoms with Crippen molar-refractivity contribution in [1.82, 2.24) is 4.90 Å². The van der Waals surface area contributed by atoms with E-state index in [2.05, 4.69) is 4.74 Å². The van der Waals surface area contributed by atoms with Crippen LogP contribution in [0.4, 0.5) is 0 Å². The largest absolute Gasteiger partial charge is 0.468 e. The first kappa shape index (κ1) is 15.1. The molecule has 1 unspecified atom stereocenters. The Morgan fingerprint density at radius 3 is 2.65 bits per heavy atom. The number of methoxy groups -OCH3 is 1. The maximum Gasteiger partial charge on any atom is 0.325 e. The van der Waals surface area contributed by atoms with Crippen molar-refractivity contribution in [3.05, 3.63) is 33.8 Å². The van der Waals surface area contributed by atoms with Crippen LogP contribution in [-0.2, 0) is 14.3 Å². The van der Waals surface area contributed by atoms with Gasteiger partial charge in [0.05, 0.1) is 23.2 Å². The minimum atomic E-state index is -0.442. The molecular formula is C14H15Cl2NO3. The lowest BCUT2D eigenvalue weighted by Crippen LogP contribution is -2.34. The van der Waals surface area contributed by atoms with Crippen LogP contribution in [-0.4, -0.2) is 30.9 Å². The third-order valence-electron chi connectivity index (χ3n) is 3.39. The Kier molecular flexibility index (Phi) is 4.89. The highest BCUT2D eigenvalue weighted by Crippen LogP contribution is 2.45. The number of benzene rings is 1. The van der Waals surface area contributed by atoms with E-state index >= 15 is 0 Å². The molecule has 6 heteroatoms. The first-order valence-electron chi connectivity index (χ1n) is 6.29. The molecule has 1 aliphatic carbocycles. The quantitative estimate of drug-likeness (QED) is 0.598. The van der Waals surface area contributed by atoms with Gasteiger partial charge in [-0.1, -0.05) is 29.3 Å². The van der Waals surface area contributed by atoms with Crippen LogP contribution < -0.4 is 0 Å². The molecule has 1 aromatic rings. The second-order valence-corrected chi connectivity index (χ2v) is 5.62. The molecule has 1 atom stereocenters. The van der Waals surface area contributed by atoms with Gasteiger partial charge < -0.3 is 9.64 Å². The lowest BCUT2D eigenvalue weighted by Gasteiger charge is -2.28. The highest BCUT2D eigenvalue weighted by atomic mass is 35.5. The van der Waals surface area contributed by atoms with Crippen LogP contribution in [0, 0.1) is 5.92 Å². The van der Waals surface area contributed by atoms with Crippen LogP contribution in [0.2, 0.25) is 10.0 Å². The van der Waals surface area contributed by atoms with Gasteiger partial charge in [-0.05, 0) is 36.5 Å². The number of hydrogen-bond donors (Lipinski definition) is 0. The van der Waals surface area contributed by atoms with Gasteiger partial charge in [0.15, 0.2) is 0 Å². The van der Waals surface area contributed by atoms with Gasteiger partial charge >= 0.3 is 5.97 Å². The Bertz CT molecular complexity index is 517. The Labute approximate surface area is 127 Å². The van der Waals surface area contributed by atoms with Crippen molar-refractivity contribution in [2.75, 3.05) is 13.7 Å². The molecule has 1 aliphatic rings. The summed E-state index contributed by atoms with van der Waals surface area (Å²) in [4.78, 5) is 24.2. The van der Waals surface area contributed by atoms with E-state index in [1.165, 1.54) is 12.0 Å². The lowest BCUT2D eigenvalue weighted by molar-refractivity contribution is -0.145. The fraction of sp³-hybridized carbons (Fsp3) is 0.429. The third-order valence-corrected chi connectivity index (χ3v) is 4.12. The van der Waals surface area contributed by atoms with Crippen molar-refractivity contribution in [2.24, 2.45) is 5.92 Å². The molecule has 0 spiro atoms. The molecule has 1 amide bonds. The molecule has 0 saturated heterocycles. The fourth-order valence-corrected chi connectivity index (χ4v) is 2.56. The number of nitrogens with zero attached hydrogens (tertiary/aromatic N) is 1. The molecule has 1 saturated carbocycles. The minimum Gasteiger partial charge on any atom is -0.468 e. The summed E-state index contributed by atoms with van der Waals surface area (Å²) in [6.45, 7) is -0.0680. The summed E-state index contributed by atoms with van der Waals surface area (Å²) in [7, 11) is 1.30. The Morgan fingerprint density at radius 2 is 2.15 bits per heavy atom. The van der Waals surface area contributed by atoms with Gasteiger partial charge in [0.2, 0.25) is 6.41 Å². The number of amides is 1. The van der Waals surface area contributed by atoms with Crippen molar-refractivity contribution in [3.63, 3.8) is 0 Å². The number of esters is 1. The van der Waals surface area contributed by atoms with Gasteiger partial charge in [0.25, 0.3) is 0 Å². The monoisotopic (exact) mass is 315 g/mol. The highest BCUT2D eigenvalue weighted by molar-refractivity contribution is 6.42. The molecule has 0 aliphatic heterocycles. The molecule has 108 valence electrons. The standard InChI is InChI=1S/C14H15Cl2NO3/c1-20-13(19)7-17(8-18)14(9-2-3-9)10-4-5-11(15)12(16)6-10/h4-6,8-9,14H,2-3,7H2,1H3. The van der Waals surface area contributed by atoms with Crippen molar-refractivity contribution >= 4 is 35.6 Å². The molecule has 1 aromatic carbocycles. The topological polar surface area (TPSA) is 46.6 Å². The zero-order valence-corrected chi connectivity index (χ0v) is 12.5. The average Bonchev–Trinajstić information content (AvgIpc) is 3.26. The van der Waals surface area contributed by atoms with E-state index in [0.29, 0.717) is 22.4 Å². The maximum atomic E-state index is 11.4. The number of carbonyl (C=O) groups is 2. The van der Waals surface area contributed by atoms with E-state index < -0.39 is 5.97 Å². The van der Waals surface area contributed by atoms with E-state index in [-0.39, 0.29) is 12.6 Å². The minimum absolute atomic E-state index is 0.0680. The van der Waals surface area contributed by atoms with Crippen molar-refractivity contribution < 1.29 is 14.3 Å². The second kappa shape index (κ2) is 6.46. The normalized spacial score (nSPS) is 15.6. The molecule has 0 N–H and O–H groups in total. The van der Waals surface area contributed by atoms with Crippen LogP contribution >= 0.6 is 23.2 Å². The van der Waals surface area contributed by atoms with Crippen LogP contribution in [0.5, 0.6) is 0 Å². The zero-order chi connectivity index (χ0) is 14.7. The van der Waals surface area contributed by atoms with E-state index in [9.17, 15) is 9.59 Å². The third kappa shape index (κ3) is 3.44. The first-order chi connectivity index (χ1) is 9.56. The van der Waals surface area contributed by atoms with E-state index in [1.807, 2.05) is 6.07 Å². The van der Waals surface area contributed by atoms with Gasteiger partial charge in [-0.15, -0.1) is 0 Å². The highest BCUT2D eigenvalue weighted by Gasteiger charge is 2.37. The number of carbonyl (C=O) groups excluding carboxylic acids is 2. The molecule has 0 radical (unpaired) electrons. The summed E-state index contributed by atoms with van der Waals surface area (Å²) in [6.07, 6.45) is 2.73. The molecule has 0 heterocycles. The Balaban J connectivity index is 2.27. The Hall–Kier alpha value is -1.26. The molecule has 20 heavy (non-hydrogen) atoms. The lowest BCUT2D eigenvalue weighted by atomic mass is 10.0. The summed E-state index contributed by atoms with van der Waals surface area (Å²) < 4.78 is 4.62. The number of halogens is 2. The number of ether oxygens (including phenoxy) is 1. The predicted octanol–water partition coefficient (Wildman–Crippen LogP) is 3.08. The van der Waals surface area contributed by atoms with Gasteiger partial charge in [-0.2, -0.15) is 0 Å². The second-order valence-electron chi connectivity index (χ2n) is 4.81. The first-order valence-corrected chi connectivity index (χ1v) is 7.05. The van der Waals surface area contributed by atoms with Crippen molar-refractivity contribution in [3.8, 4) is 0 Å². The van der Waals surface area contributed by atoms with Gasteiger partial charge in [-0.3, -0.25) is 9.59 Å². The molecule has 1 fully saturated rings. The van der Waals surface area contributed by atoms with Gasteiger partial charge in [0.1, 0.15) is 6.54 Å². The smallest absolute Gasteiger partial charge is 0.325 e. The summed E-state index contributed by atoms with van der Waals surface area (Å²) in [6, 6.07) is 5.13. The maximum absolute atomic E-state index is 11.4. The number of hydrogen-bond acceptors (Lipinski definition) is 3. The predicted molar refractivity (Wildman–Crippen MR) is 76.7 cm³/mol. The zero-order valence-electron chi connectivity index (χ0n) is 11.0. The Morgan fingerprint density at radius 1 is 1.45 bits per heavy atom. The van der Waals surface area contributed by atoms with Crippen LogP contribution in [0.1, 0.15) is 24.4 Å². The van der Waals surface area contributed by atoms with Crippen molar-refractivity contribution in [1.29, 1.82) is 0 Å². The fourth-order valence-electron chi connectivity index (χ4n) is 2.26. The van der Waals surface area contributed by atoms with Crippen LogP contribution in [0.25, 0.3) is 0 Å². The van der Waals surface area contributed by atoms with Crippen LogP contribution in [0.3, 0.4) is 0 Å². The van der Waals surface area contributed by atoms with Crippen LogP contribution in [0.15, 0.2) is 18.2 Å². The molecular weight excluding hydrogens is 301 g/mol. The summed E-state index contributed by atoms with van der Waals surface area (Å²) in [5.74, 6) is -0.0927. The van der Waals surface area contributed by atoms with Gasteiger partial charge in [-0.25, -0.2) is 0 Å². The number of rotatable bonds is 6. The van der Waals surface area contributed by atoms with E-state index in [4.69, 9.17) is 23.2 Å². The molecule has 4 nitrogen and oxygen atoms in total. The summed E-state index contributed by atoms with van der Waals surface area (Å²) >= 11 is 11.9. The molecule has 2 rings (SSSR count). The van der Waals surface area contributed by atoms with Gasteiger partial charge in [0, 0.05) is 0 Å².